The van der Waals surface area contributed by atoms with Crippen LogP contribution in [0.4, 0.5) is 11.4 Å². The number of rotatable bonds is 5. The van der Waals surface area contributed by atoms with Crippen LogP contribution in [0.2, 0.25) is 0 Å². The number of aromatic nitrogens is 2. The Morgan fingerprint density at radius 2 is 1.69 bits per heavy atom. The molecule has 2 aromatic heterocycles. The van der Waals surface area contributed by atoms with Crippen molar-refractivity contribution in [3.63, 3.8) is 0 Å². The van der Waals surface area contributed by atoms with Gasteiger partial charge in [-0.15, -0.1) is 0 Å². The van der Waals surface area contributed by atoms with Gasteiger partial charge < -0.3 is 15.0 Å². The minimum absolute atomic E-state index is 0.0267. The third-order valence-corrected chi connectivity index (χ3v) is 3.85. The number of pyridine rings is 1. The van der Waals surface area contributed by atoms with Crippen LogP contribution >= 0.6 is 0 Å². The molecule has 0 fully saturated rings. The molecular weight excluding hydrogens is 328 g/mol. The van der Waals surface area contributed by atoms with Gasteiger partial charge in [0.25, 0.3) is 5.91 Å². The number of aryl methyl sites for hydroxylation is 1. The van der Waals surface area contributed by atoms with E-state index < -0.39 is 0 Å². The standard InChI is InChI=1S/C20H22N4O2/c1-13(2)10-19(25)22-16-6-4-15(5-7-16)20(26)23-17-8-9-18-21-14(3)11-24(18)12-17/h4-9,11-13H,10H2,1-3H3,(H,22,25)(H,23,26). The predicted molar refractivity (Wildman–Crippen MR) is 102 cm³/mol. The van der Waals surface area contributed by atoms with Gasteiger partial charge in [0.1, 0.15) is 5.65 Å². The molecule has 2 N–H and O–H groups in total. The van der Waals surface area contributed by atoms with Crippen molar-refractivity contribution in [3.8, 4) is 0 Å². The Morgan fingerprint density at radius 1 is 1.00 bits per heavy atom. The van der Waals surface area contributed by atoms with Gasteiger partial charge in [-0.05, 0) is 49.2 Å². The Balaban J connectivity index is 1.66. The zero-order valence-corrected chi connectivity index (χ0v) is 15.1. The molecule has 0 unspecified atom stereocenters. The van der Waals surface area contributed by atoms with Gasteiger partial charge in [0.2, 0.25) is 5.91 Å². The largest absolute Gasteiger partial charge is 0.326 e. The smallest absolute Gasteiger partial charge is 0.255 e. The first-order valence-corrected chi connectivity index (χ1v) is 8.57. The van der Waals surface area contributed by atoms with E-state index in [4.69, 9.17) is 0 Å². The highest BCUT2D eigenvalue weighted by Gasteiger charge is 2.09. The maximum Gasteiger partial charge on any atom is 0.255 e. The molecule has 0 saturated heterocycles. The van der Waals surface area contributed by atoms with E-state index in [-0.39, 0.29) is 11.8 Å². The van der Waals surface area contributed by atoms with Gasteiger partial charge in [0.05, 0.1) is 11.4 Å². The van der Waals surface area contributed by atoms with Gasteiger partial charge in [-0.2, -0.15) is 0 Å². The first kappa shape index (κ1) is 17.7. The van der Waals surface area contributed by atoms with Gasteiger partial charge in [0.15, 0.2) is 0 Å². The Labute approximate surface area is 152 Å². The Bertz CT molecular complexity index is 942. The number of anilines is 2. The molecule has 0 radical (unpaired) electrons. The van der Waals surface area contributed by atoms with Crippen molar-refractivity contribution in [2.24, 2.45) is 5.92 Å². The summed E-state index contributed by atoms with van der Waals surface area (Å²) >= 11 is 0. The van der Waals surface area contributed by atoms with Crippen LogP contribution in [0, 0.1) is 12.8 Å². The molecule has 3 aromatic rings. The molecule has 0 aliphatic heterocycles. The van der Waals surface area contributed by atoms with Gasteiger partial charge >= 0.3 is 0 Å². The summed E-state index contributed by atoms with van der Waals surface area (Å²) in [6.45, 7) is 5.91. The molecule has 26 heavy (non-hydrogen) atoms. The quantitative estimate of drug-likeness (QED) is 0.733. The van der Waals surface area contributed by atoms with Crippen LogP contribution in [0.1, 0.15) is 36.3 Å². The number of imidazole rings is 1. The van der Waals surface area contributed by atoms with E-state index in [1.807, 2.05) is 49.7 Å². The summed E-state index contributed by atoms with van der Waals surface area (Å²) < 4.78 is 1.87. The fourth-order valence-corrected chi connectivity index (χ4v) is 2.68. The third-order valence-electron chi connectivity index (χ3n) is 3.85. The number of carbonyl (C=O) groups excluding carboxylic acids is 2. The number of benzene rings is 1. The van der Waals surface area contributed by atoms with Crippen molar-refractivity contribution in [1.29, 1.82) is 0 Å². The van der Waals surface area contributed by atoms with Crippen molar-refractivity contribution in [1.82, 2.24) is 9.38 Å². The lowest BCUT2D eigenvalue weighted by atomic mass is 10.1. The molecular formula is C20H22N4O2. The van der Waals surface area contributed by atoms with E-state index in [9.17, 15) is 9.59 Å². The maximum atomic E-state index is 12.4. The van der Waals surface area contributed by atoms with Gasteiger partial charge in [-0.3, -0.25) is 9.59 Å². The van der Waals surface area contributed by atoms with Crippen LogP contribution in [0.3, 0.4) is 0 Å². The topological polar surface area (TPSA) is 75.5 Å². The summed E-state index contributed by atoms with van der Waals surface area (Å²) in [5.74, 6) is 0.0686. The highest BCUT2D eigenvalue weighted by molar-refractivity contribution is 6.04. The lowest BCUT2D eigenvalue weighted by molar-refractivity contribution is -0.116. The second-order valence-electron chi connectivity index (χ2n) is 6.74. The van der Waals surface area contributed by atoms with Crippen LogP contribution in [-0.2, 0) is 4.79 Å². The van der Waals surface area contributed by atoms with E-state index in [1.165, 1.54) is 0 Å². The summed E-state index contributed by atoms with van der Waals surface area (Å²) in [5, 5.41) is 5.70. The molecule has 6 nitrogen and oxygen atoms in total. The van der Waals surface area contributed by atoms with Crippen molar-refractivity contribution in [3.05, 3.63) is 60.0 Å². The SMILES string of the molecule is Cc1cn2cc(NC(=O)c3ccc(NC(=O)CC(C)C)cc3)ccc2n1. The number of carbonyl (C=O) groups is 2. The predicted octanol–water partition coefficient (Wildman–Crippen LogP) is 3.88. The highest BCUT2D eigenvalue weighted by Crippen LogP contribution is 2.15. The molecule has 0 bridgehead atoms. The first-order chi connectivity index (χ1) is 12.4. The van der Waals surface area contributed by atoms with Gasteiger partial charge in [-0.25, -0.2) is 4.98 Å². The van der Waals surface area contributed by atoms with E-state index in [0.29, 0.717) is 29.3 Å². The monoisotopic (exact) mass is 350 g/mol. The molecule has 134 valence electrons. The normalized spacial score (nSPS) is 10.9. The average molecular weight is 350 g/mol. The molecule has 0 atom stereocenters. The molecule has 0 saturated carbocycles. The second-order valence-corrected chi connectivity index (χ2v) is 6.74. The zero-order valence-electron chi connectivity index (χ0n) is 15.1. The maximum absolute atomic E-state index is 12.4. The average Bonchev–Trinajstić information content (AvgIpc) is 2.94. The summed E-state index contributed by atoms with van der Waals surface area (Å²) in [6.07, 6.45) is 4.20. The number of nitrogens with zero attached hydrogens (tertiary/aromatic N) is 2. The van der Waals surface area contributed by atoms with Crippen molar-refractivity contribution < 1.29 is 9.59 Å². The van der Waals surface area contributed by atoms with E-state index in [0.717, 1.165) is 11.3 Å². The van der Waals surface area contributed by atoms with E-state index in [2.05, 4.69) is 15.6 Å². The van der Waals surface area contributed by atoms with Crippen molar-refractivity contribution in [2.75, 3.05) is 10.6 Å². The molecule has 0 aliphatic carbocycles. The van der Waals surface area contributed by atoms with Crippen molar-refractivity contribution in [2.45, 2.75) is 27.2 Å². The van der Waals surface area contributed by atoms with Crippen molar-refractivity contribution >= 4 is 28.8 Å². The number of hydrogen-bond donors (Lipinski definition) is 2. The number of fused-ring (bicyclic) bond motifs is 1. The lowest BCUT2D eigenvalue weighted by Gasteiger charge is -2.09. The second kappa shape index (κ2) is 7.39. The molecule has 6 heteroatoms. The Hall–Kier alpha value is -3.15. The Morgan fingerprint density at radius 3 is 2.38 bits per heavy atom. The summed E-state index contributed by atoms with van der Waals surface area (Å²) in [5.41, 5.74) is 3.65. The van der Waals surface area contributed by atoms with E-state index >= 15 is 0 Å². The molecule has 2 heterocycles. The lowest BCUT2D eigenvalue weighted by Crippen LogP contribution is -2.15. The van der Waals surface area contributed by atoms with Gasteiger partial charge in [0, 0.05) is 30.1 Å². The van der Waals surface area contributed by atoms with Crippen LogP contribution < -0.4 is 10.6 Å². The first-order valence-electron chi connectivity index (χ1n) is 8.57. The zero-order chi connectivity index (χ0) is 18.7. The fraction of sp³-hybridized carbons (Fsp3) is 0.250. The van der Waals surface area contributed by atoms with Gasteiger partial charge in [-0.1, -0.05) is 13.8 Å². The number of hydrogen-bond acceptors (Lipinski definition) is 3. The van der Waals surface area contributed by atoms with Crippen LogP contribution in [0.25, 0.3) is 5.65 Å². The summed E-state index contributed by atoms with van der Waals surface area (Å²) in [6, 6.07) is 10.5. The molecule has 3 rings (SSSR count). The fourth-order valence-electron chi connectivity index (χ4n) is 2.68. The van der Waals surface area contributed by atoms with Crippen LogP contribution in [0.15, 0.2) is 48.8 Å². The van der Waals surface area contributed by atoms with Crippen LogP contribution in [0.5, 0.6) is 0 Å². The molecule has 2 amide bonds. The molecule has 0 spiro atoms. The molecule has 0 aliphatic rings. The number of amides is 2. The summed E-state index contributed by atoms with van der Waals surface area (Å²) in [7, 11) is 0. The minimum atomic E-state index is -0.207. The summed E-state index contributed by atoms with van der Waals surface area (Å²) in [4.78, 5) is 28.6. The molecule has 1 aromatic carbocycles. The Kier molecular flexibility index (Phi) is 5.02. The number of nitrogens with one attached hydrogen (secondary N) is 2. The minimum Gasteiger partial charge on any atom is -0.326 e. The highest BCUT2D eigenvalue weighted by atomic mass is 16.2. The third kappa shape index (κ3) is 4.27. The van der Waals surface area contributed by atoms with Crippen LogP contribution in [-0.4, -0.2) is 21.2 Å². The van der Waals surface area contributed by atoms with E-state index in [1.54, 1.807) is 24.3 Å².